The van der Waals surface area contributed by atoms with E-state index >= 15 is 0 Å². The number of carbonyl (C=O) groups excluding carboxylic acids is 2. The lowest BCUT2D eigenvalue weighted by atomic mass is 10.1. The van der Waals surface area contributed by atoms with Gasteiger partial charge in [-0.1, -0.05) is 6.07 Å². The van der Waals surface area contributed by atoms with E-state index in [0.29, 0.717) is 43.9 Å². The van der Waals surface area contributed by atoms with Crippen LogP contribution in [0, 0.1) is 13.8 Å². The Morgan fingerprint density at radius 3 is 2.52 bits per heavy atom. The molecule has 1 N–H and O–H groups in total. The van der Waals surface area contributed by atoms with Gasteiger partial charge in [-0.2, -0.15) is 5.10 Å². The molecular weight excluding hydrogens is 422 g/mol. The summed E-state index contributed by atoms with van der Waals surface area (Å²) in [6.07, 6.45) is 0.886. The first kappa shape index (κ1) is 22.4. The van der Waals surface area contributed by atoms with Gasteiger partial charge in [-0.3, -0.25) is 9.59 Å². The van der Waals surface area contributed by atoms with Crippen molar-refractivity contribution < 1.29 is 23.8 Å². The van der Waals surface area contributed by atoms with Crippen molar-refractivity contribution in [3.8, 4) is 17.2 Å². The van der Waals surface area contributed by atoms with Gasteiger partial charge in [0.05, 0.1) is 18.5 Å². The number of aromatic nitrogens is 2. The zero-order valence-electron chi connectivity index (χ0n) is 19.0. The number of rotatable bonds is 7. The number of benzene rings is 2. The van der Waals surface area contributed by atoms with Crippen molar-refractivity contribution in [1.82, 2.24) is 15.1 Å². The Labute approximate surface area is 192 Å². The van der Waals surface area contributed by atoms with Gasteiger partial charge in [0.25, 0.3) is 5.91 Å². The first-order valence-electron chi connectivity index (χ1n) is 10.9. The van der Waals surface area contributed by atoms with Crippen LogP contribution in [-0.2, 0) is 22.5 Å². The van der Waals surface area contributed by atoms with Crippen molar-refractivity contribution in [3.05, 3.63) is 70.5 Å². The average Bonchev–Trinajstić information content (AvgIpc) is 3.13. The molecule has 1 aromatic heterocycles. The molecule has 0 fully saturated rings. The monoisotopic (exact) mass is 449 g/mol. The highest BCUT2D eigenvalue weighted by Gasteiger charge is 2.16. The van der Waals surface area contributed by atoms with Gasteiger partial charge >= 0.3 is 5.97 Å². The predicted molar refractivity (Wildman–Crippen MR) is 122 cm³/mol. The maximum atomic E-state index is 12.6. The fourth-order valence-corrected chi connectivity index (χ4v) is 3.85. The summed E-state index contributed by atoms with van der Waals surface area (Å²) in [6.45, 7) is 5.36. The Hall–Kier alpha value is -3.81. The molecule has 0 radical (unpaired) electrons. The normalized spacial score (nSPS) is 12.3. The fourth-order valence-electron chi connectivity index (χ4n) is 3.85. The summed E-state index contributed by atoms with van der Waals surface area (Å²) in [5.74, 6) is 1.02. The standard InChI is InChI=1S/C25H27N3O5/c1-16-21(9-11-24(29)31-3)17(2)28(27-16)20-7-5-19(6-8-20)25(30)26-15-18-4-10-22-23(14-18)33-13-12-32-22/h4-8,10,14H,9,11-13,15H2,1-3H3,(H,26,30). The Morgan fingerprint density at radius 2 is 1.79 bits per heavy atom. The number of ether oxygens (including phenoxy) is 3. The summed E-state index contributed by atoms with van der Waals surface area (Å²) < 4.78 is 17.7. The molecule has 0 spiro atoms. The molecule has 2 heterocycles. The molecule has 1 aliphatic rings. The van der Waals surface area contributed by atoms with Crippen LogP contribution in [0.15, 0.2) is 42.5 Å². The Balaban J connectivity index is 1.41. The molecule has 1 aliphatic heterocycles. The molecule has 4 rings (SSSR count). The third-order valence-corrected chi connectivity index (χ3v) is 5.68. The van der Waals surface area contributed by atoms with E-state index in [1.165, 1.54) is 7.11 Å². The molecule has 0 atom stereocenters. The molecule has 0 saturated carbocycles. The number of hydrogen-bond donors (Lipinski definition) is 1. The summed E-state index contributed by atoms with van der Waals surface area (Å²) in [6, 6.07) is 12.9. The van der Waals surface area contributed by atoms with Gasteiger partial charge in [-0.15, -0.1) is 0 Å². The second-order valence-corrected chi connectivity index (χ2v) is 7.84. The summed E-state index contributed by atoms with van der Waals surface area (Å²) in [7, 11) is 1.39. The maximum Gasteiger partial charge on any atom is 0.305 e. The van der Waals surface area contributed by atoms with Gasteiger partial charge in [-0.25, -0.2) is 4.68 Å². The van der Waals surface area contributed by atoms with Crippen LogP contribution in [0.5, 0.6) is 11.5 Å². The van der Waals surface area contributed by atoms with E-state index in [4.69, 9.17) is 14.2 Å². The third-order valence-electron chi connectivity index (χ3n) is 5.68. The van der Waals surface area contributed by atoms with Crippen LogP contribution >= 0.6 is 0 Å². The fraction of sp³-hybridized carbons (Fsp3) is 0.320. The lowest BCUT2D eigenvalue weighted by molar-refractivity contribution is -0.140. The summed E-state index contributed by atoms with van der Waals surface area (Å²) in [4.78, 5) is 24.1. The molecule has 172 valence electrons. The highest BCUT2D eigenvalue weighted by molar-refractivity contribution is 5.94. The lowest BCUT2D eigenvalue weighted by Crippen LogP contribution is -2.23. The maximum absolute atomic E-state index is 12.6. The second-order valence-electron chi connectivity index (χ2n) is 7.84. The van der Waals surface area contributed by atoms with E-state index in [0.717, 1.165) is 34.0 Å². The number of nitrogens with one attached hydrogen (secondary N) is 1. The highest BCUT2D eigenvalue weighted by atomic mass is 16.6. The summed E-state index contributed by atoms with van der Waals surface area (Å²) >= 11 is 0. The number of methoxy groups -OCH3 is 1. The number of amides is 1. The minimum absolute atomic E-state index is 0.163. The number of aryl methyl sites for hydroxylation is 1. The minimum Gasteiger partial charge on any atom is -0.486 e. The zero-order chi connectivity index (χ0) is 23.4. The van der Waals surface area contributed by atoms with Crippen LogP contribution in [-0.4, -0.2) is 42.0 Å². The van der Waals surface area contributed by atoms with Crippen molar-refractivity contribution in [2.24, 2.45) is 0 Å². The van der Waals surface area contributed by atoms with Crippen molar-refractivity contribution in [2.45, 2.75) is 33.2 Å². The Morgan fingerprint density at radius 1 is 1.06 bits per heavy atom. The molecule has 2 aromatic carbocycles. The third kappa shape index (κ3) is 5.00. The molecule has 1 amide bonds. The number of carbonyl (C=O) groups is 2. The topological polar surface area (TPSA) is 91.7 Å². The molecule has 0 unspecified atom stereocenters. The van der Waals surface area contributed by atoms with Gasteiger partial charge in [0.15, 0.2) is 11.5 Å². The average molecular weight is 450 g/mol. The van der Waals surface area contributed by atoms with Gasteiger partial charge in [0.2, 0.25) is 0 Å². The number of nitrogens with zero attached hydrogens (tertiary/aromatic N) is 2. The van der Waals surface area contributed by atoms with Crippen LogP contribution in [0.2, 0.25) is 0 Å². The second kappa shape index (κ2) is 9.77. The molecule has 8 heteroatoms. The van der Waals surface area contributed by atoms with E-state index in [9.17, 15) is 9.59 Å². The molecular formula is C25H27N3O5. The molecule has 8 nitrogen and oxygen atoms in total. The Bertz CT molecular complexity index is 1170. The van der Waals surface area contributed by atoms with Crippen LogP contribution in [0.3, 0.4) is 0 Å². The van der Waals surface area contributed by atoms with Gasteiger partial charge in [-0.05, 0) is 67.8 Å². The van der Waals surface area contributed by atoms with Crippen LogP contribution in [0.4, 0.5) is 0 Å². The van der Waals surface area contributed by atoms with Crippen molar-refractivity contribution in [2.75, 3.05) is 20.3 Å². The van der Waals surface area contributed by atoms with E-state index in [1.807, 2.05) is 48.9 Å². The predicted octanol–water partition coefficient (Wildman–Crippen LogP) is 3.30. The number of fused-ring (bicyclic) bond motifs is 1. The summed E-state index contributed by atoms with van der Waals surface area (Å²) in [5, 5.41) is 7.55. The van der Waals surface area contributed by atoms with Gasteiger partial charge in [0, 0.05) is 24.2 Å². The van der Waals surface area contributed by atoms with Crippen molar-refractivity contribution in [1.29, 1.82) is 0 Å². The van der Waals surface area contributed by atoms with Gasteiger partial charge in [0.1, 0.15) is 13.2 Å². The van der Waals surface area contributed by atoms with E-state index in [2.05, 4.69) is 10.4 Å². The lowest BCUT2D eigenvalue weighted by Gasteiger charge is -2.19. The zero-order valence-corrected chi connectivity index (χ0v) is 19.0. The van der Waals surface area contributed by atoms with Crippen molar-refractivity contribution >= 4 is 11.9 Å². The SMILES string of the molecule is COC(=O)CCc1c(C)nn(-c2ccc(C(=O)NCc3ccc4c(c3)OCCO4)cc2)c1C. The first-order valence-corrected chi connectivity index (χ1v) is 10.9. The summed E-state index contributed by atoms with van der Waals surface area (Å²) in [5.41, 5.74) is 5.21. The highest BCUT2D eigenvalue weighted by Crippen LogP contribution is 2.30. The smallest absolute Gasteiger partial charge is 0.305 e. The van der Waals surface area contributed by atoms with Crippen LogP contribution in [0.1, 0.15) is 39.3 Å². The van der Waals surface area contributed by atoms with Crippen molar-refractivity contribution in [3.63, 3.8) is 0 Å². The van der Waals surface area contributed by atoms with E-state index in [1.54, 1.807) is 12.1 Å². The van der Waals surface area contributed by atoms with E-state index < -0.39 is 0 Å². The van der Waals surface area contributed by atoms with Crippen LogP contribution < -0.4 is 14.8 Å². The first-order chi connectivity index (χ1) is 16.0. The van der Waals surface area contributed by atoms with Gasteiger partial charge < -0.3 is 19.5 Å². The Kier molecular flexibility index (Phi) is 6.63. The molecule has 0 saturated heterocycles. The molecule has 33 heavy (non-hydrogen) atoms. The quantitative estimate of drug-likeness (QED) is 0.557. The molecule has 3 aromatic rings. The largest absolute Gasteiger partial charge is 0.486 e. The minimum atomic E-state index is -0.242. The van der Waals surface area contributed by atoms with E-state index in [-0.39, 0.29) is 11.9 Å². The molecule has 0 bridgehead atoms. The van der Waals surface area contributed by atoms with Crippen LogP contribution in [0.25, 0.3) is 5.69 Å². The molecule has 0 aliphatic carbocycles. The number of hydrogen-bond acceptors (Lipinski definition) is 6. The number of esters is 1.